The van der Waals surface area contributed by atoms with Crippen molar-refractivity contribution < 1.29 is 19.0 Å². The molecule has 0 saturated carbocycles. The van der Waals surface area contributed by atoms with Gasteiger partial charge in [0.1, 0.15) is 17.3 Å². The van der Waals surface area contributed by atoms with Crippen LogP contribution in [0.3, 0.4) is 0 Å². The van der Waals surface area contributed by atoms with E-state index in [1.807, 2.05) is 0 Å². The highest BCUT2D eigenvalue weighted by Gasteiger charge is 2.14. The lowest BCUT2D eigenvalue weighted by Gasteiger charge is -2.10. The summed E-state index contributed by atoms with van der Waals surface area (Å²) in [4.78, 5) is 12.1. The molecule has 2 aromatic rings. The summed E-state index contributed by atoms with van der Waals surface area (Å²) < 4.78 is 18.6. The summed E-state index contributed by atoms with van der Waals surface area (Å²) in [5.74, 6) is -0.597. The second-order valence-electron chi connectivity index (χ2n) is 4.25. The molecular weight excluding hydrogens is 261 g/mol. The Bertz CT molecular complexity index is 656. The molecule has 0 bridgehead atoms. The van der Waals surface area contributed by atoms with Crippen molar-refractivity contribution in [2.24, 2.45) is 0 Å². The lowest BCUT2D eigenvalue weighted by atomic mass is 10.1. The highest BCUT2D eigenvalue weighted by molar-refractivity contribution is 6.05. The first-order chi connectivity index (χ1) is 9.52. The largest absolute Gasteiger partial charge is 0.508 e. The van der Waals surface area contributed by atoms with E-state index in [1.165, 1.54) is 31.4 Å². The van der Waals surface area contributed by atoms with Crippen LogP contribution in [0.25, 0.3) is 0 Å². The van der Waals surface area contributed by atoms with E-state index in [9.17, 15) is 14.3 Å². The van der Waals surface area contributed by atoms with Gasteiger partial charge in [-0.15, -0.1) is 0 Å². The number of anilines is 1. The average molecular weight is 275 g/mol. The molecule has 2 N–H and O–H groups in total. The van der Waals surface area contributed by atoms with Crippen molar-refractivity contribution >= 4 is 11.6 Å². The predicted octanol–water partition coefficient (Wildman–Crippen LogP) is 3.10. The zero-order chi connectivity index (χ0) is 14.7. The van der Waals surface area contributed by atoms with Crippen LogP contribution in [0.15, 0.2) is 36.4 Å². The number of carbonyl (C=O) groups excluding carboxylic acids is 1. The average Bonchev–Trinajstić information content (AvgIpc) is 2.44. The Morgan fingerprint density at radius 1 is 1.30 bits per heavy atom. The predicted molar refractivity (Wildman–Crippen MR) is 73.7 cm³/mol. The molecule has 20 heavy (non-hydrogen) atoms. The Morgan fingerprint density at radius 2 is 2.05 bits per heavy atom. The minimum atomic E-state index is -0.558. The summed E-state index contributed by atoms with van der Waals surface area (Å²) in [6, 6.07) is 8.67. The molecule has 2 aromatic carbocycles. The normalized spacial score (nSPS) is 10.2. The van der Waals surface area contributed by atoms with Gasteiger partial charge in [-0.2, -0.15) is 0 Å². The first kappa shape index (κ1) is 13.9. The lowest BCUT2D eigenvalue weighted by Crippen LogP contribution is -2.14. The fraction of sp³-hybridized carbons (Fsp3) is 0.133. The van der Waals surface area contributed by atoms with Gasteiger partial charge in [0.05, 0.1) is 12.8 Å². The van der Waals surface area contributed by atoms with E-state index in [2.05, 4.69) is 5.32 Å². The summed E-state index contributed by atoms with van der Waals surface area (Å²) in [6.45, 7) is 1.62. The number of ether oxygens (including phenoxy) is 1. The van der Waals surface area contributed by atoms with E-state index in [0.29, 0.717) is 11.3 Å². The first-order valence-electron chi connectivity index (χ1n) is 5.96. The SMILES string of the molecule is COc1ccc(F)c(NC(=O)c2cccc(O)c2C)c1. The van der Waals surface area contributed by atoms with Crippen LogP contribution in [0.5, 0.6) is 11.5 Å². The van der Waals surface area contributed by atoms with Gasteiger partial charge in [0.15, 0.2) is 0 Å². The Balaban J connectivity index is 2.30. The number of nitrogens with one attached hydrogen (secondary N) is 1. The van der Waals surface area contributed by atoms with Crippen molar-refractivity contribution in [1.82, 2.24) is 0 Å². The molecular formula is C15H14FNO3. The lowest BCUT2D eigenvalue weighted by molar-refractivity contribution is 0.102. The topological polar surface area (TPSA) is 58.6 Å². The van der Waals surface area contributed by atoms with E-state index < -0.39 is 11.7 Å². The third-order valence-corrected chi connectivity index (χ3v) is 2.97. The number of benzene rings is 2. The third kappa shape index (κ3) is 2.71. The van der Waals surface area contributed by atoms with Gasteiger partial charge in [-0.25, -0.2) is 4.39 Å². The molecule has 0 radical (unpaired) electrons. The van der Waals surface area contributed by atoms with Crippen molar-refractivity contribution in [2.45, 2.75) is 6.92 Å². The van der Waals surface area contributed by atoms with Crippen molar-refractivity contribution in [3.8, 4) is 11.5 Å². The molecule has 104 valence electrons. The van der Waals surface area contributed by atoms with Gasteiger partial charge in [-0.05, 0) is 31.2 Å². The maximum Gasteiger partial charge on any atom is 0.256 e. The zero-order valence-electron chi connectivity index (χ0n) is 11.1. The summed E-state index contributed by atoms with van der Waals surface area (Å²) in [6.07, 6.45) is 0. The molecule has 0 atom stereocenters. The third-order valence-electron chi connectivity index (χ3n) is 2.97. The van der Waals surface area contributed by atoms with Gasteiger partial charge in [-0.1, -0.05) is 6.07 Å². The molecule has 0 aliphatic heterocycles. The standard InChI is InChI=1S/C15H14FNO3/c1-9-11(4-3-5-14(9)18)15(19)17-13-8-10(20-2)6-7-12(13)16/h3-8,18H,1-2H3,(H,17,19). The molecule has 0 aliphatic rings. The fourth-order valence-electron chi connectivity index (χ4n) is 1.79. The number of rotatable bonds is 3. The van der Waals surface area contributed by atoms with Crippen molar-refractivity contribution in [2.75, 3.05) is 12.4 Å². The summed E-state index contributed by atoms with van der Waals surface area (Å²) >= 11 is 0. The molecule has 0 saturated heterocycles. The van der Waals surface area contributed by atoms with Gasteiger partial charge < -0.3 is 15.2 Å². The number of amides is 1. The summed E-state index contributed by atoms with van der Waals surface area (Å²) in [5.41, 5.74) is 0.748. The molecule has 0 aliphatic carbocycles. The highest BCUT2D eigenvalue weighted by Crippen LogP contribution is 2.24. The Hall–Kier alpha value is -2.56. The van der Waals surface area contributed by atoms with Gasteiger partial charge in [0.2, 0.25) is 0 Å². The number of halogens is 1. The maximum atomic E-state index is 13.6. The van der Waals surface area contributed by atoms with Crippen molar-refractivity contribution in [1.29, 1.82) is 0 Å². The van der Waals surface area contributed by atoms with Crippen LogP contribution in [0, 0.1) is 12.7 Å². The number of methoxy groups -OCH3 is 1. The van der Waals surface area contributed by atoms with E-state index in [4.69, 9.17) is 4.74 Å². The molecule has 0 aromatic heterocycles. The Labute approximate surface area is 115 Å². The van der Waals surface area contributed by atoms with E-state index in [1.54, 1.807) is 19.1 Å². The van der Waals surface area contributed by atoms with Crippen LogP contribution in [0.2, 0.25) is 0 Å². The van der Waals surface area contributed by atoms with Gasteiger partial charge >= 0.3 is 0 Å². The number of carbonyl (C=O) groups is 1. The molecule has 0 spiro atoms. The van der Waals surface area contributed by atoms with Crippen LogP contribution >= 0.6 is 0 Å². The highest BCUT2D eigenvalue weighted by atomic mass is 19.1. The smallest absolute Gasteiger partial charge is 0.256 e. The molecule has 4 nitrogen and oxygen atoms in total. The number of aromatic hydroxyl groups is 1. The second kappa shape index (κ2) is 5.61. The van der Waals surface area contributed by atoms with Crippen LogP contribution in [-0.2, 0) is 0 Å². The van der Waals surface area contributed by atoms with Crippen molar-refractivity contribution in [3.63, 3.8) is 0 Å². The first-order valence-corrected chi connectivity index (χ1v) is 5.96. The molecule has 0 fully saturated rings. The van der Waals surface area contributed by atoms with E-state index in [-0.39, 0.29) is 17.0 Å². The van der Waals surface area contributed by atoms with E-state index in [0.717, 1.165) is 0 Å². The Morgan fingerprint density at radius 3 is 2.75 bits per heavy atom. The number of phenolic OH excluding ortho intramolecular Hbond substituents is 1. The molecule has 5 heteroatoms. The van der Waals surface area contributed by atoms with E-state index >= 15 is 0 Å². The number of phenols is 1. The quantitative estimate of drug-likeness (QED) is 0.905. The van der Waals surface area contributed by atoms with Gasteiger partial charge in [0.25, 0.3) is 5.91 Å². The Kier molecular flexibility index (Phi) is 3.89. The monoisotopic (exact) mass is 275 g/mol. The summed E-state index contributed by atoms with van der Waals surface area (Å²) in [5, 5.41) is 12.0. The van der Waals surface area contributed by atoms with Gasteiger partial charge in [0, 0.05) is 17.2 Å². The van der Waals surface area contributed by atoms with Crippen molar-refractivity contribution in [3.05, 3.63) is 53.3 Å². The second-order valence-corrected chi connectivity index (χ2v) is 4.25. The molecule has 2 rings (SSSR count). The van der Waals surface area contributed by atoms with Crippen LogP contribution in [0.1, 0.15) is 15.9 Å². The number of hydrogen-bond donors (Lipinski definition) is 2. The van der Waals surface area contributed by atoms with Gasteiger partial charge in [-0.3, -0.25) is 4.79 Å². The van der Waals surface area contributed by atoms with Crippen LogP contribution < -0.4 is 10.1 Å². The van der Waals surface area contributed by atoms with Crippen LogP contribution in [-0.4, -0.2) is 18.1 Å². The molecule has 1 amide bonds. The fourth-order valence-corrected chi connectivity index (χ4v) is 1.79. The molecule has 0 unspecified atom stereocenters. The number of hydrogen-bond acceptors (Lipinski definition) is 3. The van der Waals surface area contributed by atoms with Crippen LogP contribution in [0.4, 0.5) is 10.1 Å². The minimum absolute atomic E-state index is 0.0174. The maximum absolute atomic E-state index is 13.6. The minimum Gasteiger partial charge on any atom is -0.508 e. The summed E-state index contributed by atoms with van der Waals surface area (Å²) in [7, 11) is 1.46. The molecule has 0 heterocycles. The zero-order valence-corrected chi connectivity index (χ0v) is 11.1.